The van der Waals surface area contributed by atoms with Gasteiger partial charge in [-0.1, -0.05) is 13.0 Å². The van der Waals surface area contributed by atoms with Gasteiger partial charge in [-0.05, 0) is 29.8 Å². The van der Waals surface area contributed by atoms with Gasteiger partial charge in [-0.3, -0.25) is 9.59 Å². The molecule has 1 aromatic heterocycles. The number of carbonyl (C=O) groups excluding carboxylic acids is 2. The Morgan fingerprint density at radius 1 is 1.19 bits per heavy atom. The Labute approximate surface area is 147 Å². The number of hydrogen-bond donors (Lipinski definition) is 3. The summed E-state index contributed by atoms with van der Waals surface area (Å²) in [6, 6.07) is 5.75. The van der Waals surface area contributed by atoms with E-state index in [1.54, 1.807) is 6.92 Å². The van der Waals surface area contributed by atoms with Crippen LogP contribution in [0.2, 0.25) is 0 Å². The molecular weight excluding hydrogens is 351 g/mol. The number of carbonyl (C=O) groups is 2. The van der Waals surface area contributed by atoms with Crippen molar-refractivity contribution in [2.24, 2.45) is 0 Å². The molecule has 0 aliphatic heterocycles. The minimum atomic E-state index is -4.69. The number of rotatable bonds is 5. The van der Waals surface area contributed by atoms with Crippen LogP contribution in [0.15, 0.2) is 36.5 Å². The van der Waals surface area contributed by atoms with E-state index in [0.29, 0.717) is 0 Å². The fourth-order valence-electron chi connectivity index (χ4n) is 2.08. The van der Waals surface area contributed by atoms with Gasteiger partial charge in [0.2, 0.25) is 5.91 Å². The van der Waals surface area contributed by atoms with Crippen molar-refractivity contribution >= 4 is 17.6 Å². The highest BCUT2D eigenvalue weighted by Gasteiger charge is 2.33. The van der Waals surface area contributed by atoms with Crippen LogP contribution in [0.25, 0.3) is 0 Å². The third kappa shape index (κ3) is 4.95. The Hall–Kier alpha value is -3.10. The first-order valence-electron chi connectivity index (χ1n) is 7.64. The predicted octanol–water partition coefficient (Wildman–Crippen LogP) is 3.08. The molecule has 0 bridgehead atoms. The van der Waals surface area contributed by atoms with Crippen molar-refractivity contribution in [3.63, 3.8) is 0 Å². The highest BCUT2D eigenvalue weighted by Crippen LogP contribution is 2.36. The zero-order valence-electron chi connectivity index (χ0n) is 13.7. The summed E-state index contributed by atoms with van der Waals surface area (Å²) < 4.78 is 38.3. The summed E-state index contributed by atoms with van der Waals surface area (Å²) in [5.41, 5.74) is -0.795. The molecule has 0 saturated heterocycles. The van der Waals surface area contributed by atoms with Crippen LogP contribution in [0.3, 0.4) is 0 Å². The molecule has 2 amide bonds. The number of benzene rings is 1. The molecule has 0 atom stereocenters. The Balaban J connectivity index is 2.07. The normalized spacial score (nSPS) is 11.1. The van der Waals surface area contributed by atoms with E-state index in [0.717, 1.165) is 12.1 Å². The van der Waals surface area contributed by atoms with Gasteiger partial charge in [0.05, 0.1) is 5.56 Å². The summed E-state index contributed by atoms with van der Waals surface area (Å²) >= 11 is 0. The van der Waals surface area contributed by atoms with Crippen LogP contribution in [0.1, 0.15) is 34.8 Å². The standard InChI is InChI=1S/C17H16F3N3O3/c1-2-15(25)23-14-8-11(5-6-21-14)16(26)22-9-10-3-4-13(24)12(7-10)17(18,19)20/h3-8,24H,2,9H2,1H3,(H,22,26)(H,21,23,25). The second-order valence-electron chi connectivity index (χ2n) is 5.36. The van der Waals surface area contributed by atoms with Gasteiger partial charge in [-0.15, -0.1) is 0 Å². The summed E-state index contributed by atoms with van der Waals surface area (Å²) in [4.78, 5) is 27.4. The van der Waals surface area contributed by atoms with Crippen LogP contribution in [-0.2, 0) is 17.5 Å². The number of phenols is 1. The SMILES string of the molecule is CCC(=O)Nc1cc(C(=O)NCc2ccc(O)c(C(F)(F)F)c2)ccn1. The van der Waals surface area contributed by atoms with Crippen molar-refractivity contribution < 1.29 is 27.9 Å². The fourth-order valence-corrected chi connectivity index (χ4v) is 2.08. The first-order chi connectivity index (χ1) is 12.2. The zero-order chi connectivity index (χ0) is 19.3. The summed E-state index contributed by atoms with van der Waals surface area (Å²) in [5, 5.41) is 14.3. The van der Waals surface area contributed by atoms with E-state index in [4.69, 9.17) is 0 Å². The van der Waals surface area contributed by atoms with Crippen LogP contribution in [0.4, 0.5) is 19.0 Å². The summed E-state index contributed by atoms with van der Waals surface area (Å²) in [7, 11) is 0. The van der Waals surface area contributed by atoms with Crippen molar-refractivity contribution in [1.82, 2.24) is 10.3 Å². The van der Waals surface area contributed by atoms with E-state index in [9.17, 15) is 27.9 Å². The Kier molecular flexibility index (Phi) is 5.81. The molecule has 138 valence electrons. The first kappa shape index (κ1) is 19.2. The van der Waals surface area contributed by atoms with E-state index in [1.807, 2.05) is 0 Å². The highest BCUT2D eigenvalue weighted by atomic mass is 19.4. The predicted molar refractivity (Wildman–Crippen MR) is 87.4 cm³/mol. The molecule has 3 N–H and O–H groups in total. The molecule has 0 aliphatic carbocycles. The second-order valence-corrected chi connectivity index (χ2v) is 5.36. The number of aromatic hydroxyl groups is 1. The lowest BCUT2D eigenvalue weighted by molar-refractivity contribution is -0.138. The zero-order valence-corrected chi connectivity index (χ0v) is 13.7. The maximum Gasteiger partial charge on any atom is 0.419 e. The molecule has 0 radical (unpaired) electrons. The van der Waals surface area contributed by atoms with Crippen LogP contribution < -0.4 is 10.6 Å². The lowest BCUT2D eigenvalue weighted by atomic mass is 10.1. The quantitative estimate of drug-likeness (QED) is 0.757. The molecular formula is C17H16F3N3O3. The number of amides is 2. The summed E-state index contributed by atoms with van der Waals surface area (Å²) in [5.74, 6) is -1.48. The van der Waals surface area contributed by atoms with Gasteiger partial charge in [-0.25, -0.2) is 4.98 Å². The molecule has 26 heavy (non-hydrogen) atoms. The molecule has 0 fully saturated rings. The second kappa shape index (κ2) is 7.85. The van der Waals surface area contributed by atoms with Crippen LogP contribution in [0, 0.1) is 0 Å². The van der Waals surface area contributed by atoms with Crippen molar-refractivity contribution in [3.05, 3.63) is 53.2 Å². The Morgan fingerprint density at radius 2 is 1.92 bits per heavy atom. The monoisotopic (exact) mass is 367 g/mol. The van der Waals surface area contributed by atoms with E-state index >= 15 is 0 Å². The van der Waals surface area contributed by atoms with Crippen LogP contribution in [0.5, 0.6) is 5.75 Å². The van der Waals surface area contributed by atoms with Gasteiger partial charge < -0.3 is 15.7 Å². The molecule has 2 aromatic rings. The van der Waals surface area contributed by atoms with Gasteiger partial charge in [0.1, 0.15) is 11.6 Å². The number of phenolic OH excluding ortho intramolecular Hbond substituents is 1. The summed E-state index contributed by atoms with van der Waals surface area (Å²) in [6.45, 7) is 1.50. The van der Waals surface area contributed by atoms with Crippen molar-refractivity contribution in [3.8, 4) is 5.75 Å². The molecule has 2 rings (SSSR count). The number of alkyl halides is 3. The maximum absolute atomic E-state index is 12.8. The van der Waals surface area contributed by atoms with Crippen molar-refractivity contribution in [2.75, 3.05) is 5.32 Å². The number of halogens is 3. The third-order valence-corrected chi connectivity index (χ3v) is 3.43. The molecule has 0 unspecified atom stereocenters. The minimum Gasteiger partial charge on any atom is -0.507 e. The smallest absolute Gasteiger partial charge is 0.419 e. The summed E-state index contributed by atoms with van der Waals surface area (Å²) in [6.07, 6.45) is -3.11. The fraction of sp³-hybridized carbons (Fsp3) is 0.235. The number of pyridine rings is 1. The average molecular weight is 367 g/mol. The van der Waals surface area contributed by atoms with Crippen molar-refractivity contribution in [1.29, 1.82) is 0 Å². The maximum atomic E-state index is 12.8. The molecule has 6 nitrogen and oxygen atoms in total. The van der Waals surface area contributed by atoms with Gasteiger partial charge in [0, 0.05) is 24.7 Å². The molecule has 0 spiro atoms. The van der Waals surface area contributed by atoms with Gasteiger partial charge in [-0.2, -0.15) is 13.2 Å². The van der Waals surface area contributed by atoms with Gasteiger partial charge in [0.15, 0.2) is 0 Å². The number of nitrogens with zero attached hydrogens (tertiary/aromatic N) is 1. The number of nitrogens with one attached hydrogen (secondary N) is 2. The lowest BCUT2D eigenvalue weighted by Gasteiger charge is -2.12. The van der Waals surface area contributed by atoms with E-state index in [1.165, 1.54) is 24.4 Å². The minimum absolute atomic E-state index is 0.166. The Morgan fingerprint density at radius 3 is 2.58 bits per heavy atom. The van der Waals surface area contributed by atoms with Crippen LogP contribution >= 0.6 is 0 Å². The van der Waals surface area contributed by atoms with Crippen LogP contribution in [-0.4, -0.2) is 21.9 Å². The molecule has 0 aliphatic rings. The average Bonchev–Trinajstić information content (AvgIpc) is 2.59. The topological polar surface area (TPSA) is 91.3 Å². The number of hydrogen-bond acceptors (Lipinski definition) is 4. The van der Waals surface area contributed by atoms with E-state index in [-0.39, 0.29) is 35.8 Å². The van der Waals surface area contributed by atoms with Gasteiger partial charge in [0.25, 0.3) is 5.91 Å². The third-order valence-electron chi connectivity index (χ3n) is 3.43. The first-order valence-corrected chi connectivity index (χ1v) is 7.64. The largest absolute Gasteiger partial charge is 0.507 e. The van der Waals surface area contributed by atoms with E-state index in [2.05, 4.69) is 15.6 Å². The molecule has 1 aromatic carbocycles. The molecule has 0 saturated carbocycles. The number of aromatic nitrogens is 1. The van der Waals surface area contributed by atoms with E-state index < -0.39 is 23.4 Å². The Bertz CT molecular complexity index is 822. The number of anilines is 1. The molecule has 9 heteroatoms. The molecule has 1 heterocycles. The van der Waals surface area contributed by atoms with Crippen molar-refractivity contribution in [2.45, 2.75) is 26.1 Å². The lowest BCUT2D eigenvalue weighted by Crippen LogP contribution is -2.23. The highest BCUT2D eigenvalue weighted by molar-refractivity contribution is 5.96. The van der Waals surface area contributed by atoms with Gasteiger partial charge >= 0.3 is 6.18 Å².